The summed E-state index contributed by atoms with van der Waals surface area (Å²) in [5, 5.41) is 0. The number of hydrogen-bond donors (Lipinski definition) is 0. The van der Waals surface area contributed by atoms with Gasteiger partial charge in [0.15, 0.2) is 0 Å². The molecule has 140 valence electrons. The van der Waals surface area contributed by atoms with Gasteiger partial charge in [0.1, 0.15) is 0 Å². The maximum Gasteiger partial charge on any atom is 0.253 e. The molecule has 1 saturated carbocycles. The highest BCUT2D eigenvalue weighted by Crippen LogP contribution is 2.31. The first kappa shape index (κ1) is 17.3. The summed E-state index contributed by atoms with van der Waals surface area (Å²) in [7, 11) is 1.76. The van der Waals surface area contributed by atoms with Gasteiger partial charge < -0.3 is 19.4 Å². The maximum absolute atomic E-state index is 12.7. The number of rotatable bonds is 4. The van der Waals surface area contributed by atoms with E-state index in [0.29, 0.717) is 32.3 Å². The lowest BCUT2D eigenvalue weighted by molar-refractivity contribution is -0.134. The fourth-order valence-corrected chi connectivity index (χ4v) is 3.87. The molecule has 0 N–H and O–H groups in total. The van der Waals surface area contributed by atoms with E-state index in [0.717, 1.165) is 43.6 Å². The van der Waals surface area contributed by atoms with Crippen molar-refractivity contribution in [3.8, 4) is 0 Å². The molecule has 1 aliphatic carbocycles. The minimum atomic E-state index is 0.0614. The highest BCUT2D eigenvalue weighted by atomic mass is 16.5. The van der Waals surface area contributed by atoms with Crippen LogP contribution >= 0.6 is 0 Å². The summed E-state index contributed by atoms with van der Waals surface area (Å²) >= 11 is 0. The second-order valence-electron chi connectivity index (χ2n) is 7.53. The van der Waals surface area contributed by atoms with E-state index in [1.54, 1.807) is 7.11 Å². The minimum Gasteiger partial charge on any atom is -0.380 e. The first-order valence-electron chi connectivity index (χ1n) is 9.61. The number of ether oxygens (including phenoxy) is 1. The van der Waals surface area contributed by atoms with Gasteiger partial charge in [0, 0.05) is 63.5 Å². The number of carbonyl (C=O) groups is 2. The van der Waals surface area contributed by atoms with E-state index in [4.69, 9.17) is 4.74 Å². The molecule has 3 fully saturated rings. The Morgan fingerprint density at radius 1 is 0.923 bits per heavy atom. The Balaban J connectivity index is 1.33. The van der Waals surface area contributed by atoms with Gasteiger partial charge in [-0.1, -0.05) is 0 Å². The predicted molar refractivity (Wildman–Crippen MR) is 99.3 cm³/mol. The molecular weight excluding hydrogens is 330 g/mol. The molecule has 1 atom stereocenters. The van der Waals surface area contributed by atoms with Gasteiger partial charge >= 0.3 is 0 Å². The van der Waals surface area contributed by atoms with Crippen LogP contribution in [0.3, 0.4) is 0 Å². The van der Waals surface area contributed by atoms with Crippen molar-refractivity contribution in [2.75, 3.05) is 51.3 Å². The van der Waals surface area contributed by atoms with Crippen molar-refractivity contribution in [1.29, 1.82) is 0 Å². The molecule has 2 heterocycles. The average molecular weight is 357 g/mol. The van der Waals surface area contributed by atoms with Crippen LogP contribution in [0.1, 0.15) is 29.6 Å². The predicted octanol–water partition coefficient (Wildman–Crippen LogP) is 1.61. The van der Waals surface area contributed by atoms with Gasteiger partial charge in [-0.3, -0.25) is 9.59 Å². The zero-order chi connectivity index (χ0) is 18.1. The molecule has 0 aromatic heterocycles. The van der Waals surface area contributed by atoms with Crippen LogP contribution in [0, 0.1) is 5.92 Å². The van der Waals surface area contributed by atoms with E-state index >= 15 is 0 Å². The van der Waals surface area contributed by atoms with Crippen molar-refractivity contribution in [1.82, 2.24) is 9.80 Å². The van der Waals surface area contributed by atoms with Gasteiger partial charge in [-0.2, -0.15) is 0 Å². The van der Waals surface area contributed by atoms with Gasteiger partial charge in [0.25, 0.3) is 5.91 Å². The van der Waals surface area contributed by atoms with Crippen LogP contribution < -0.4 is 4.90 Å². The largest absolute Gasteiger partial charge is 0.380 e. The fourth-order valence-electron chi connectivity index (χ4n) is 3.87. The van der Waals surface area contributed by atoms with Crippen molar-refractivity contribution >= 4 is 17.5 Å². The number of anilines is 1. The number of amides is 2. The van der Waals surface area contributed by atoms with E-state index in [9.17, 15) is 9.59 Å². The normalized spacial score (nSPS) is 23.4. The van der Waals surface area contributed by atoms with Crippen LogP contribution in [0.25, 0.3) is 0 Å². The van der Waals surface area contributed by atoms with Gasteiger partial charge in [0.05, 0.1) is 6.10 Å². The summed E-state index contributed by atoms with van der Waals surface area (Å²) in [6, 6.07) is 7.88. The molecule has 6 nitrogen and oxygen atoms in total. The first-order valence-corrected chi connectivity index (χ1v) is 9.61. The number of hydrogen-bond acceptors (Lipinski definition) is 4. The highest BCUT2D eigenvalue weighted by Gasteiger charge is 2.35. The van der Waals surface area contributed by atoms with E-state index < -0.39 is 0 Å². The standard InChI is InChI=1S/C20H27N3O3/c1-26-18-8-9-23(14-18)17-6-4-16(5-7-17)20(25)22-12-10-21(11-13-22)19(24)15-2-3-15/h4-7,15,18H,2-3,8-14H2,1H3/t18-/m1/s1. The van der Waals surface area contributed by atoms with Crippen molar-refractivity contribution in [3.63, 3.8) is 0 Å². The fraction of sp³-hybridized carbons (Fsp3) is 0.600. The second kappa shape index (κ2) is 7.27. The molecule has 0 spiro atoms. The molecule has 6 heteroatoms. The number of piperazine rings is 1. The van der Waals surface area contributed by atoms with Crippen molar-refractivity contribution in [2.24, 2.45) is 5.92 Å². The Morgan fingerprint density at radius 3 is 2.15 bits per heavy atom. The first-order chi connectivity index (χ1) is 12.7. The number of nitrogens with zero attached hydrogens (tertiary/aromatic N) is 3. The average Bonchev–Trinajstić information content (AvgIpc) is 3.44. The van der Waals surface area contributed by atoms with Crippen molar-refractivity contribution in [2.45, 2.75) is 25.4 Å². The molecule has 4 rings (SSSR count). The molecule has 0 radical (unpaired) electrons. The quantitative estimate of drug-likeness (QED) is 0.822. The van der Waals surface area contributed by atoms with E-state index in [-0.39, 0.29) is 17.7 Å². The number of carbonyl (C=O) groups excluding carboxylic acids is 2. The van der Waals surface area contributed by atoms with Crippen LogP contribution in [0.15, 0.2) is 24.3 Å². The van der Waals surface area contributed by atoms with Crippen LogP contribution in [0.4, 0.5) is 5.69 Å². The van der Waals surface area contributed by atoms with Gasteiger partial charge in [-0.05, 0) is 43.5 Å². The van der Waals surface area contributed by atoms with Crippen LogP contribution in [0.2, 0.25) is 0 Å². The van der Waals surface area contributed by atoms with Crippen molar-refractivity contribution < 1.29 is 14.3 Å². The topological polar surface area (TPSA) is 53.1 Å². The second-order valence-corrected chi connectivity index (χ2v) is 7.53. The zero-order valence-corrected chi connectivity index (χ0v) is 15.4. The maximum atomic E-state index is 12.7. The molecule has 2 amide bonds. The lowest BCUT2D eigenvalue weighted by Crippen LogP contribution is -2.51. The smallest absolute Gasteiger partial charge is 0.253 e. The summed E-state index contributed by atoms with van der Waals surface area (Å²) < 4.78 is 5.42. The Bertz CT molecular complexity index is 663. The lowest BCUT2D eigenvalue weighted by atomic mass is 10.1. The third-order valence-electron chi connectivity index (χ3n) is 5.76. The highest BCUT2D eigenvalue weighted by molar-refractivity contribution is 5.94. The molecule has 1 aromatic rings. The Hall–Kier alpha value is -2.08. The summed E-state index contributed by atoms with van der Waals surface area (Å²) in [5.74, 6) is 0.598. The summed E-state index contributed by atoms with van der Waals surface area (Å²) in [5.41, 5.74) is 1.86. The number of benzene rings is 1. The Kier molecular flexibility index (Phi) is 4.85. The van der Waals surface area contributed by atoms with Gasteiger partial charge in [-0.25, -0.2) is 0 Å². The van der Waals surface area contributed by atoms with Crippen LogP contribution in [0.5, 0.6) is 0 Å². The van der Waals surface area contributed by atoms with Crippen LogP contribution in [-0.2, 0) is 9.53 Å². The summed E-state index contributed by atoms with van der Waals surface area (Å²) in [4.78, 5) is 30.9. The van der Waals surface area contributed by atoms with E-state index in [1.165, 1.54) is 0 Å². The van der Waals surface area contributed by atoms with E-state index in [1.807, 2.05) is 34.1 Å². The van der Waals surface area contributed by atoms with Gasteiger partial charge in [0.2, 0.25) is 5.91 Å². The molecule has 2 saturated heterocycles. The Labute approximate surface area is 154 Å². The molecule has 26 heavy (non-hydrogen) atoms. The SMILES string of the molecule is CO[C@@H]1CCN(c2ccc(C(=O)N3CCN(C(=O)C4CC4)CC3)cc2)C1. The molecule has 2 aliphatic heterocycles. The molecular formula is C20H27N3O3. The molecule has 1 aromatic carbocycles. The Morgan fingerprint density at radius 2 is 1.58 bits per heavy atom. The molecule has 0 unspecified atom stereocenters. The molecule has 0 bridgehead atoms. The third-order valence-corrected chi connectivity index (χ3v) is 5.76. The van der Waals surface area contributed by atoms with Crippen molar-refractivity contribution in [3.05, 3.63) is 29.8 Å². The lowest BCUT2D eigenvalue weighted by Gasteiger charge is -2.35. The summed E-state index contributed by atoms with van der Waals surface area (Å²) in [6.07, 6.45) is 3.41. The van der Waals surface area contributed by atoms with E-state index in [2.05, 4.69) is 4.90 Å². The zero-order valence-electron chi connectivity index (χ0n) is 15.4. The van der Waals surface area contributed by atoms with Gasteiger partial charge in [-0.15, -0.1) is 0 Å². The molecule has 3 aliphatic rings. The number of methoxy groups -OCH3 is 1. The third kappa shape index (κ3) is 3.56. The monoisotopic (exact) mass is 357 g/mol. The van der Waals surface area contributed by atoms with Crippen LogP contribution in [-0.4, -0.2) is 74.1 Å². The minimum absolute atomic E-state index is 0.0614. The summed E-state index contributed by atoms with van der Waals surface area (Å²) in [6.45, 7) is 4.46.